The van der Waals surface area contributed by atoms with Gasteiger partial charge in [0.25, 0.3) is 18.0 Å². The van der Waals surface area contributed by atoms with E-state index in [2.05, 4.69) is 10.4 Å². The molecule has 0 unspecified atom stereocenters. The summed E-state index contributed by atoms with van der Waals surface area (Å²) in [5.74, 6) is -0.632. The summed E-state index contributed by atoms with van der Waals surface area (Å²) >= 11 is 0. The second-order valence-electron chi connectivity index (χ2n) is 5.49. The molecule has 1 heterocycles. The molecule has 140 valence electrons. The van der Waals surface area contributed by atoms with E-state index in [1.807, 2.05) is 6.92 Å². The summed E-state index contributed by atoms with van der Waals surface area (Å²) in [6, 6.07) is 3.40. The van der Waals surface area contributed by atoms with Crippen LogP contribution in [0.4, 0.5) is 20.2 Å². The van der Waals surface area contributed by atoms with Gasteiger partial charge < -0.3 is 10.1 Å². The number of halogens is 2. The average Bonchev–Trinajstić information content (AvgIpc) is 2.86. The molecular weight excluding hydrogens is 350 g/mol. The van der Waals surface area contributed by atoms with Gasteiger partial charge in [-0.05, 0) is 20.8 Å². The van der Waals surface area contributed by atoms with E-state index in [0.717, 1.165) is 12.1 Å². The van der Waals surface area contributed by atoms with Crippen molar-refractivity contribution in [1.29, 1.82) is 0 Å². The zero-order valence-corrected chi connectivity index (χ0v) is 14.5. The molecule has 0 saturated heterocycles. The molecule has 0 aliphatic carbocycles. The van der Waals surface area contributed by atoms with Gasteiger partial charge in [0.1, 0.15) is 12.4 Å². The Bertz CT molecular complexity index is 836. The number of nitrogens with zero attached hydrogens (tertiary/aromatic N) is 3. The third kappa shape index (κ3) is 4.32. The van der Waals surface area contributed by atoms with Crippen LogP contribution in [0.3, 0.4) is 0 Å². The van der Waals surface area contributed by atoms with E-state index in [0.29, 0.717) is 23.5 Å². The number of carbonyl (C=O) groups is 1. The number of alkyl halides is 2. The highest BCUT2D eigenvalue weighted by Crippen LogP contribution is 2.27. The van der Waals surface area contributed by atoms with Gasteiger partial charge in [-0.2, -0.15) is 5.10 Å². The Morgan fingerprint density at radius 3 is 2.62 bits per heavy atom. The SMILES string of the molecule is CCn1nc(C)c(C(=O)Nc2cc(OCC(F)F)cc([N+](=O)[O-])c2)c1C. The van der Waals surface area contributed by atoms with Crippen molar-refractivity contribution < 1.29 is 23.2 Å². The number of nitrogens with one attached hydrogen (secondary N) is 1. The molecule has 2 aromatic rings. The fraction of sp³-hybridized carbons (Fsp3) is 0.375. The summed E-state index contributed by atoms with van der Waals surface area (Å²) in [5.41, 5.74) is 1.21. The molecule has 0 aliphatic rings. The van der Waals surface area contributed by atoms with Gasteiger partial charge >= 0.3 is 0 Å². The van der Waals surface area contributed by atoms with Gasteiger partial charge in [-0.1, -0.05) is 0 Å². The van der Waals surface area contributed by atoms with Crippen LogP contribution in [0.2, 0.25) is 0 Å². The quantitative estimate of drug-likeness (QED) is 0.597. The highest BCUT2D eigenvalue weighted by molar-refractivity contribution is 6.06. The molecule has 2 rings (SSSR count). The van der Waals surface area contributed by atoms with Crippen molar-refractivity contribution in [3.8, 4) is 5.75 Å². The molecule has 26 heavy (non-hydrogen) atoms. The van der Waals surface area contributed by atoms with Crippen LogP contribution in [-0.2, 0) is 6.54 Å². The number of rotatable bonds is 7. The largest absolute Gasteiger partial charge is 0.487 e. The monoisotopic (exact) mass is 368 g/mol. The van der Waals surface area contributed by atoms with E-state index in [1.165, 1.54) is 6.07 Å². The number of hydrogen-bond acceptors (Lipinski definition) is 5. The Morgan fingerprint density at radius 1 is 1.38 bits per heavy atom. The van der Waals surface area contributed by atoms with Gasteiger partial charge in [0, 0.05) is 24.4 Å². The van der Waals surface area contributed by atoms with Crippen molar-refractivity contribution in [3.63, 3.8) is 0 Å². The van der Waals surface area contributed by atoms with Crippen LogP contribution in [0, 0.1) is 24.0 Å². The number of aryl methyl sites for hydroxylation is 2. The van der Waals surface area contributed by atoms with Crippen LogP contribution >= 0.6 is 0 Å². The van der Waals surface area contributed by atoms with Crippen molar-refractivity contribution in [2.24, 2.45) is 0 Å². The summed E-state index contributed by atoms with van der Waals surface area (Å²) in [7, 11) is 0. The minimum Gasteiger partial charge on any atom is -0.487 e. The number of ether oxygens (including phenoxy) is 1. The van der Waals surface area contributed by atoms with E-state index < -0.39 is 23.9 Å². The first-order chi connectivity index (χ1) is 12.2. The van der Waals surface area contributed by atoms with Crippen LogP contribution in [-0.4, -0.2) is 33.6 Å². The molecule has 0 saturated carbocycles. The average molecular weight is 368 g/mol. The van der Waals surface area contributed by atoms with Gasteiger partial charge in [0.05, 0.1) is 27.9 Å². The molecule has 0 radical (unpaired) electrons. The summed E-state index contributed by atoms with van der Waals surface area (Å²) in [6.45, 7) is 4.98. The first kappa shape index (κ1) is 19.3. The van der Waals surface area contributed by atoms with Crippen molar-refractivity contribution in [2.45, 2.75) is 33.7 Å². The van der Waals surface area contributed by atoms with Gasteiger partial charge in [-0.25, -0.2) is 8.78 Å². The zero-order valence-electron chi connectivity index (χ0n) is 14.5. The standard InChI is InChI=1S/C16H18F2N4O4/c1-4-21-10(3)15(9(2)20-21)16(23)19-11-5-12(22(24)25)7-13(6-11)26-8-14(17)18/h5-7,14H,4,8H2,1-3H3,(H,19,23). The van der Waals surface area contributed by atoms with E-state index in [-0.39, 0.29) is 17.1 Å². The van der Waals surface area contributed by atoms with Crippen LogP contribution in [0.25, 0.3) is 0 Å². The second-order valence-corrected chi connectivity index (χ2v) is 5.49. The fourth-order valence-corrected chi connectivity index (χ4v) is 2.53. The highest BCUT2D eigenvalue weighted by atomic mass is 19.3. The summed E-state index contributed by atoms with van der Waals surface area (Å²) in [6.07, 6.45) is -2.72. The summed E-state index contributed by atoms with van der Waals surface area (Å²) < 4.78 is 31.1. The van der Waals surface area contributed by atoms with E-state index >= 15 is 0 Å². The van der Waals surface area contributed by atoms with Crippen molar-refractivity contribution in [2.75, 3.05) is 11.9 Å². The molecule has 1 aromatic carbocycles. The molecule has 0 spiro atoms. The van der Waals surface area contributed by atoms with Crippen LogP contribution in [0.15, 0.2) is 18.2 Å². The first-order valence-corrected chi connectivity index (χ1v) is 7.78. The molecule has 1 N–H and O–H groups in total. The molecule has 10 heteroatoms. The number of nitro groups is 1. The lowest BCUT2D eigenvalue weighted by molar-refractivity contribution is -0.384. The topological polar surface area (TPSA) is 99.3 Å². The highest BCUT2D eigenvalue weighted by Gasteiger charge is 2.20. The molecule has 1 amide bonds. The Labute approximate surface area is 147 Å². The maximum Gasteiger partial charge on any atom is 0.275 e. The summed E-state index contributed by atoms with van der Waals surface area (Å²) in [5, 5.41) is 17.8. The molecule has 0 atom stereocenters. The molecule has 0 fully saturated rings. The van der Waals surface area contributed by atoms with Gasteiger partial charge in [0.15, 0.2) is 0 Å². The number of anilines is 1. The third-order valence-corrected chi connectivity index (χ3v) is 3.64. The predicted octanol–water partition coefficient (Wildman–Crippen LogP) is 3.32. The Balaban J connectivity index is 2.31. The zero-order chi connectivity index (χ0) is 19.4. The van der Waals surface area contributed by atoms with Crippen LogP contribution in [0.1, 0.15) is 28.7 Å². The maximum absolute atomic E-state index is 12.5. The molecule has 1 aromatic heterocycles. The maximum atomic E-state index is 12.5. The smallest absolute Gasteiger partial charge is 0.275 e. The number of non-ortho nitro benzene ring substituents is 1. The van der Waals surface area contributed by atoms with Gasteiger partial charge in [-0.3, -0.25) is 19.6 Å². The number of nitro benzene ring substituents is 1. The molecule has 0 bridgehead atoms. The van der Waals surface area contributed by atoms with Gasteiger partial charge in [0.2, 0.25) is 0 Å². The molecular formula is C16H18F2N4O4. The second kappa shape index (κ2) is 7.89. The lowest BCUT2D eigenvalue weighted by Crippen LogP contribution is -2.15. The number of hydrogen-bond donors (Lipinski definition) is 1. The first-order valence-electron chi connectivity index (χ1n) is 7.78. The lowest BCUT2D eigenvalue weighted by atomic mass is 10.1. The van der Waals surface area contributed by atoms with Gasteiger partial charge in [-0.15, -0.1) is 0 Å². The van der Waals surface area contributed by atoms with E-state index in [1.54, 1.807) is 18.5 Å². The Hall–Kier alpha value is -3.04. The minimum atomic E-state index is -2.72. The van der Waals surface area contributed by atoms with Crippen molar-refractivity contribution >= 4 is 17.3 Å². The molecule has 0 aliphatic heterocycles. The normalized spacial score (nSPS) is 10.8. The molecule has 8 nitrogen and oxygen atoms in total. The number of benzene rings is 1. The number of amides is 1. The minimum absolute atomic E-state index is 0.0662. The van der Waals surface area contributed by atoms with Crippen molar-refractivity contribution in [3.05, 3.63) is 45.3 Å². The van der Waals surface area contributed by atoms with Crippen LogP contribution < -0.4 is 10.1 Å². The Morgan fingerprint density at radius 2 is 2.08 bits per heavy atom. The third-order valence-electron chi connectivity index (χ3n) is 3.64. The van der Waals surface area contributed by atoms with E-state index in [4.69, 9.17) is 4.74 Å². The van der Waals surface area contributed by atoms with Crippen LogP contribution in [0.5, 0.6) is 5.75 Å². The Kier molecular flexibility index (Phi) is 5.86. The fourth-order valence-electron chi connectivity index (χ4n) is 2.53. The van der Waals surface area contributed by atoms with Crippen molar-refractivity contribution in [1.82, 2.24) is 9.78 Å². The predicted molar refractivity (Wildman–Crippen MR) is 89.9 cm³/mol. The van der Waals surface area contributed by atoms with E-state index in [9.17, 15) is 23.7 Å². The number of carbonyl (C=O) groups excluding carboxylic acids is 1. The lowest BCUT2D eigenvalue weighted by Gasteiger charge is -2.10. The summed E-state index contributed by atoms with van der Waals surface area (Å²) in [4.78, 5) is 22.9. The number of aromatic nitrogens is 2.